The third kappa shape index (κ3) is 5.42. The highest BCUT2D eigenvalue weighted by Gasteiger charge is 2.61. The summed E-state index contributed by atoms with van der Waals surface area (Å²) in [6.07, 6.45) is 5.33. The average molecular weight is 569 g/mol. The number of likely N-dealkylation sites (tertiary alicyclic amines) is 1. The first-order valence-corrected chi connectivity index (χ1v) is 15.1. The molecule has 1 saturated heterocycles. The lowest BCUT2D eigenvalue weighted by Gasteiger charge is -2.60. The highest BCUT2D eigenvalue weighted by Crippen LogP contribution is 2.55. The van der Waals surface area contributed by atoms with Crippen molar-refractivity contribution in [2.24, 2.45) is 5.92 Å². The van der Waals surface area contributed by atoms with E-state index in [0.29, 0.717) is 30.7 Å². The van der Waals surface area contributed by atoms with Gasteiger partial charge in [-0.05, 0) is 91.6 Å². The van der Waals surface area contributed by atoms with E-state index < -0.39 is 11.0 Å². The van der Waals surface area contributed by atoms with Crippen molar-refractivity contribution in [2.75, 3.05) is 26.7 Å². The predicted octanol–water partition coefficient (Wildman–Crippen LogP) is 5.75. The van der Waals surface area contributed by atoms with Crippen molar-refractivity contribution in [3.63, 3.8) is 0 Å². The van der Waals surface area contributed by atoms with Gasteiger partial charge >= 0.3 is 11.9 Å². The molecule has 0 radical (unpaired) electrons. The Hall–Kier alpha value is -3.71. The molecule has 0 aromatic heterocycles. The number of amides is 1. The summed E-state index contributed by atoms with van der Waals surface area (Å²) in [5, 5.41) is 2.14. The van der Waals surface area contributed by atoms with Gasteiger partial charge < -0.3 is 14.4 Å². The first kappa shape index (κ1) is 28.4. The summed E-state index contributed by atoms with van der Waals surface area (Å²) in [4.78, 5) is 42.8. The van der Waals surface area contributed by atoms with Crippen molar-refractivity contribution in [1.82, 2.24) is 9.80 Å². The van der Waals surface area contributed by atoms with Crippen molar-refractivity contribution in [3.8, 4) is 5.75 Å². The summed E-state index contributed by atoms with van der Waals surface area (Å²) < 4.78 is 11.9. The van der Waals surface area contributed by atoms with Crippen molar-refractivity contribution in [1.29, 1.82) is 0 Å². The quantitative estimate of drug-likeness (QED) is 0.267. The van der Waals surface area contributed by atoms with Gasteiger partial charge in [-0.1, -0.05) is 42.5 Å². The van der Waals surface area contributed by atoms with E-state index in [4.69, 9.17) is 9.47 Å². The molecule has 220 valence electrons. The molecule has 1 amide bonds. The Labute approximate surface area is 247 Å². The smallest absolute Gasteiger partial charge is 0.308 e. The first-order valence-electron chi connectivity index (χ1n) is 15.1. The fraction of sp³-hybridized carbons (Fsp3) is 0.457. The minimum Gasteiger partial charge on any atom is -0.457 e. The number of carbonyl (C=O) groups excluding carboxylic acids is 3. The van der Waals surface area contributed by atoms with Crippen LogP contribution < -0.4 is 4.74 Å². The van der Waals surface area contributed by atoms with Crippen molar-refractivity contribution in [3.05, 3.63) is 77.9 Å². The van der Waals surface area contributed by atoms with E-state index in [0.717, 1.165) is 48.2 Å². The molecule has 42 heavy (non-hydrogen) atoms. The fourth-order valence-corrected chi connectivity index (χ4v) is 7.53. The van der Waals surface area contributed by atoms with Gasteiger partial charge in [0.15, 0.2) is 0 Å². The molecule has 0 unspecified atom stereocenters. The Bertz CT molecular complexity index is 1520. The topological polar surface area (TPSA) is 76.2 Å². The molecular formula is C35H40N2O5. The van der Waals surface area contributed by atoms with Crippen LogP contribution in [0.3, 0.4) is 0 Å². The maximum atomic E-state index is 13.9. The summed E-state index contributed by atoms with van der Waals surface area (Å²) in [7, 11) is 1.90. The molecule has 1 heterocycles. The van der Waals surface area contributed by atoms with Crippen LogP contribution in [-0.4, -0.2) is 66.0 Å². The number of fused-ring (bicyclic) bond motifs is 2. The molecular weight excluding hydrogens is 528 g/mol. The van der Waals surface area contributed by atoms with Crippen LogP contribution in [0.15, 0.2) is 66.7 Å². The zero-order valence-electron chi connectivity index (χ0n) is 24.8. The van der Waals surface area contributed by atoms with Crippen LogP contribution in [0.4, 0.5) is 0 Å². The van der Waals surface area contributed by atoms with Crippen LogP contribution in [0.5, 0.6) is 5.75 Å². The predicted molar refractivity (Wildman–Crippen MR) is 161 cm³/mol. The molecule has 2 aliphatic carbocycles. The fourth-order valence-electron chi connectivity index (χ4n) is 7.53. The highest BCUT2D eigenvalue weighted by molar-refractivity contribution is 5.98. The number of ether oxygens (including phenoxy) is 2. The van der Waals surface area contributed by atoms with Gasteiger partial charge in [0.25, 0.3) is 5.91 Å². The van der Waals surface area contributed by atoms with Gasteiger partial charge in [-0.15, -0.1) is 0 Å². The van der Waals surface area contributed by atoms with E-state index in [1.807, 2.05) is 66.5 Å². The molecule has 0 spiro atoms. The number of piperidine rings is 1. The van der Waals surface area contributed by atoms with E-state index in [9.17, 15) is 14.4 Å². The maximum absolute atomic E-state index is 13.9. The standard InChI is InChI=1S/C35H40N2O5/c1-24(38)41-32-10-6-9-30(20-32)34-17-18-37(22-26-11-12-26)23-35(34,42-25(2)39)16-15-31(21-34)36(3)33(40)29-14-13-27-7-4-5-8-28(27)19-29/h4-10,13-14,19-20,26,31H,11-12,15-18,21-23H2,1-3H3/t31-,34+,35+/m1/s1. The number of nitrogens with zero attached hydrogens (tertiary/aromatic N) is 2. The van der Waals surface area contributed by atoms with Gasteiger partial charge in [0, 0.05) is 51.0 Å². The van der Waals surface area contributed by atoms with Gasteiger partial charge in [0.2, 0.25) is 0 Å². The summed E-state index contributed by atoms with van der Waals surface area (Å²) in [5.74, 6) is 0.524. The molecule has 3 aromatic rings. The summed E-state index contributed by atoms with van der Waals surface area (Å²) in [6.45, 7) is 5.46. The minimum absolute atomic E-state index is 0.0132. The van der Waals surface area contributed by atoms with Gasteiger partial charge in [0.05, 0.1) is 0 Å². The summed E-state index contributed by atoms with van der Waals surface area (Å²) in [6, 6.07) is 21.6. The first-order chi connectivity index (χ1) is 20.2. The Balaban J connectivity index is 1.37. The summed E-state index contributed by atoms with van der Waals surface area (Å²) in [5.41, 5.74) is 0.364. The van der Waals surface area contributed by atoms with Gasteiger partial charge in [-0.2, -0.15) is 0 Å². The molecule has 7 heteroatoms. The van der Waals surface area contributed by atoms with Crippen LogP contribution in [0.1, 0.15) is 68.3 Å². The van der Waals surface area contributed by atoms with E-state index in [1.165, 1.54) is 26.7 Å². The van der Waals surface area contributed by atoms with Crippen LogP contribution in [0.2, 0.25) is 0 Å². The largest absolute Gasteiger partial charge is 0.457 e. The number of hydrogen-bond donors (Lipinski definition) is 0. The van der Waals surface area contributed by atoms with Crippen LogP contribution in [-0.2, 0) is 19.7 Å². The number of rotatable bonds is 7. The van der Waals surface area contributed by atoms with Crippen molar-refractivity contribution in [2.45, 2.75) is 69.4 Å². The molecule has 3 aliphatic rings. The third-order valence-electron chi connectivity index (χ3n) is 9.74. The molecule has 0 bridgehead atoms. The Morgan fingerprint density at radius 1 is 0.905 bits per heavy atom. The van der Waals surface area contributed by atoms with Crippen LogP contribution in [0.25, 0.3) is 10.8 Å². The van der Waals surface area contributed by atoms with E-state index in [-0.39, 0.29) is 23.9 Å². The monoisotopic (exact) mass is 568 g/mol. The van der Waals surface area contributed by atoms with Crippen molar-refractivity contribution < 1.29 is 23.9 Å². The van der Waals surface area contributed by atoms with Crippen LogP contribution in [0, 0.1) is 5.92 Å². The van der Waals surface area contributed by atoms with E-state index >= 15 is 0 Å². The molecule has 0 N–H and O–H groups in total. The molecule has 3 atom stereocenters. The lowest BCUT2D eigenvalue weighted by molar-refractivity contribution is -0.188. The number of hydrogen-bond acceptors (Lipinski definition) is 6. The zero-order chi connectivity index (χ0) is 29.5. The van der Waals surface area contributed by atoms with E-state index in [1.54, 1.807) is 6.07 Å². The maximum Gasteiger partial charge on any atom is 0.308 e. The van der Waals surface area contributed by atoms with E-state index in [2.05, 4.69) is 11.0 Å². The molecule has 3 fully saturated rings. The number of carbonyl (C=O) groups is 3. The SMILES string of the molecule is CC(=O)Oc1cccc([C@@]23CCN(CC4CC4)C[C@@]2(OC(C)=O)CC[C@@H](N(C)C(=O)c2ccc4ccccc4c2)C3)c1. The zero-order valence-corrected chi connectivity index (χ0v) is 24.8. The second kappa shape index (κ2) is 11.2. The van der Waals surface area contributed by atoms with Gasteiger partial charge in [0.1, 0.15) is 11.4 Å². The average Bonchev–Trinajstić information content (AvgIpc) is 3.79. The second-order valence-electron chi connectivity index (χ2n) is 12.6. The molecule has 7 nitrogen and oxygen atoms in total. The van der Waals surface area contributed by atoms with Gasteiger partial charge in [-0.3, -0.25) is 19.3 Å². The number of benzene rings is 3. The molecule has 2 saturated carbocycles. The Morgan fingerprint density at radius 3 is 2.43 bits per heavy atom. The Kier molecular flexibility index (Phi) is 7.56. The van der Waals surface area contributed by atoms with Gasteiger partial charge in [-0.25, -0.2) is 0 Å². The molecule has 6 rings (SSSR count). The van der Waals surface area contributed by atoms with Crippen LogP contribution >= 0.6 is 0 Å². The van der Waals surface area contributed by atoms with Crippen molar-refractivity contribution >= 4 is 28.6 Å². The third-order valence-corrected chi connectivity index (χ3v) is 9.74. The molecule has 1 aliphatic heterocycles. The lowest BCUT2D eigenvalue weighted by Crippen LogP contribution is -2.68. The Morgan fingerprint density at radius 2 is 1.69 bits per heavy atom. The lowest BCUT2D eigenvalue weighted by atomic mass is 9.55. The molecule has 3 aromatic carbocycles. The highest BCUT2D eigenvalue weighted by atomic mass is 16.6. The second-order valence-corrected chi connectivity index (χ2v) is 12.6. The summed E-state index contributed by atoms with van der Waals surface area (Å²) >= 11 is 0. The normalized spacial score (nSPS) is 25.8. The minimum atomic E-state index is -0.746. The number of esters is 2.